The number of methoxy groups -OCH3 is 2. The smallest absolute Gasteiger partial charge is 0.273 e. The number of nitrogens with zero attached hydrogens (tertiary/aromatic N) is 5. The van der Waals surface area contributed by atoms with Gasteiger partial charge >= 0.3 is 0 Å². The molecule has 0 unspecified atom stereocenters. The van der Waals surface area contributed by atoms with Crippen molar-refractivity contribution < 1.29 is 9.47 Å². The first-order chi connectivity index (χ1) is 13.0. The van der Waals surface area contributed by atoms with Gasteiger partial charge in [0.05, 0.1) is 25.5 Å². The molecule has 0 aliphatic carbocycles. The van der Waals surface area contributed by atoms with E-state index in [9.17, 15) is 4.79 Å². The van der Waals surface area contributed by atoms with Gasteiger partial charge in [-0.05, 0) is 26.3 Å². The van der Waals surface area contributed by atoms with Gasteiger partial charge < -0.3 is 9.47 Å². The Morgan fingerprint density at radius 2 is 1.89 bits per heavy atom. The third-order valence-electron chi connectivity index (χ3n) is 4.56. The second-order valence-corrected chi connectivity index (χ2v) is 6.27. The van der Waals surface area contributed by atoms with Gasteiger partial charge in [-0.25, -0.2) is 19.9 Å². The summed E-state index contributed by atoms with van der Waals surface area (Å²) < 4.78 is 12.2. The molecule has 0 radical (unpaired) electrons. The van der Waals surface area contributed by atoms with E-state index >= 15 is 0 Å². The average molecular weight is 369 g/mol. The highest BCUT2D eigenvalue weighted by molar-refractivity contribution is 5.87. The Labute approximate surface area is 157 Å². The van der Waals surface area contributed by atoms with Crippen LogP contribution in [-0.2, 0) is 4.74 Å². The first-order valence-electron chi connectivity index (χ1n) is 8.76. The van der Waals surface area contributed by atoms with Crippen LogP contribution in [0.15, 0.2) is 23.3 Å². The van der Waals surface area contributed by atoms with Crippen molar-refractivity contribution in [2.45, 2.75) is 33.2 Å². The topological polar surface area (TPSA) is 92.0 Å². The molecule has 8 heteroatoms. The first-order valence-corrected chi connectivity index (χ1v) is 8.76. The highest BCUT2D eigenvalue weighted by atomic mass is 16.5. The van der Waals surface area contributed by atoms with Crippen molar-refractivity contribution >= 4 is 11.2 Å². The summed E-state index contributed by atoms with van der Waals surface area (Å²) >= 11 is 0. The van der Waals surface area contributed by atoms with Crippen LogP contribution < -0.4 is 10.3 Å². The molecule has 0 aromatic carbocycles. The zero-order valence-electron chi connectivity index (χ0n) is 16.2. The van der Waals surface area contributed by atoms with Crippen LogP contribution in [0.3, 0.4) is 0 Å². The van der Waals surface area contributed by atoms with Gasteiger partial charge in [0.2, 0.25) is 5.88 Å². The van der Waals surface area contributed by atoms with Gasteiger partial charge in [-0.15, -0.1) is 0 Å². The van der Waals surface area contributed by atoms with Gasteiger partial charge in [-0.1, -0.05) is 6.92 Å². The second kappa shape index (κ2) is 7.79. The Hall–Kier alpha value is -2.87. The lowest BCUT2D eigenvalue weighted by Crippen LogP contribution is -2.30. The van der Waals surface area contributed by atoms with Crippen molar-refractivity contribution in [3.05, 3.63) is 40.2 Å². The minimum absolute atomic E-state index is 0.135. The van der Waals surface area contributed by atoms with Crippen molar-refractivity contribution in [3.8, 4) is 17.1 Å². The number of hydrogen-bond donors (Lipinski definition) is 0. The molecule has 0 saturated carbocycles. The van der Waals surface area contributed by atoms with E-state index < -0.39 is 0 Å². The molecule has 0 N–H and O–H groups in total. The molecule has 0 aliphatic rings. The van der Waals surface area contributed by atoms with Gasteiger partial charge in [0.25, 0.3) is 5.56 Å². The number of pyridine rings is 1. The molecule has 0 amide bonds. The van der Waals surface area contributed by atoms with Crippen molar-refractivity contribution in [1.82, 2.24) is 24.5 Å². The van der Waals surface area contributed by atoms with E-state index in [1.807, 2.05) is 19.9 Å². The van der Waals surface area contributed by atoms with Crippen LogP contribution in [-0.4, -0.2) is 45.3 Å². The summed E-state index contributed by atoms with van der Waals surface area (Å²) in [4.78, 5) is 30.6. The fourth-order valence-electron chi connectivity index (χ4n) is 3.14. The second-order valence-electron chi connectivity index (χ2n) is 6.27. The van der Waals surface area contributed by atoms with E-state index in [4.69, 9.17) is 9.47 Å². The lowest BCUT2D eigenvalue weighted by molar-refractivity contribution is 0.153. The zero-order valence-corrected chi connectivity index (χ0v) is 16.2. The van der Waals surface area contributed by atoms with Crippen LogP contribution in [0.1, 0.15) is 30.8 Å². The first kappa shape index (κ1) is 18.9. The summed E-state index contributed by atoms with van der Waals surface area (Å²) in [5.41, 5.74) is 3.51. The van der Waals surface area contributed by atoms with Gasteiger partial charge in [0, 0.05) is 18.7 Å². The van der Waals surface area contributed by atoms with Crippen LogP contribution >= 0.6 is 0 Å². The van der Waals surface area contributed by atoms with E-state index in [1.54, 1.807) is 31.8 Å². The van der Waals surface area contributed by atoms with Crippen LogP contribution in [0, 0.1) is 13.8 Å². The fourth-order valence-corrected chi connectivity index (χ4v) is 3.14. The molecule has 1 atom stereocenters. The number of hydrogen-bond acceptors (Lipinski definition) is 7. The summed E-state index contributed by atoms with van der Waals surface area (Å²) in [6.45, 7) is 6.01. The maximum Gasteiger partial charge on any atom is 0.273 e. The molecule has 0 bridgehead atoms. The molecule has 3 aromatic heterocycles. The minimum atomic E-state index is -0.166. The van der Waals surface area contributed by atoms with Gasteiger partial charge in [-0.3, -0.25) is 9.36 Å². The Kier molecular flexibility index (Phi) is 5.46. The number of aromatic nitrogens is 5. The number of ether oxygens (including phenoxy) is 2. The van der Waals surface area contributed by atoms with Crippen molar-refractivity contribution in [2.24, 2.45) is 0 Å². The molecule has 142 valence electrons. The van der Waals surface area contributed by atoms with E-state index in [2.05, 4.69) is 19.9 Å². The number of fused-ring (bicyclic) bond motifs is 1. The van der Waals surface area contributed by atoms with E-state index in [0.717, 1.165) is 17.7 Å². The van der Waals surface area contributed by atoms with Crippen LogP contribution in [0.5, 0.6) is 5.88 Å². The van der Waals surface area contributed by atoms with Gasteiger partial charge in [0.1, 0.15) is 23.2 Å². The third-order valence-corrected chi connectivity index (χ3v) is 4.56. The molecule has 3 heterocycles. The van der Waals surface area contributed by atoms with Crippen molar-refractivity contribution in [1.29, 1.82) is 0 Å². The monoisotopic (exact) mass is 369 g/mol. The molecule has 8 nitrogen and oxygen atoms in total. The highest BCUT2D eigenvalue weighted by Gasteiger charge is 2.20. The molecule has 0 spiro atoms. The normalized spacial score (nSPS) is 12.3. The lowest BCUT2D eigenvalue weighted by atomic mass is 10.1. The Morgan fingerprint density at radius 1 is 1.11 bits per heavy atom. The SMILES string of the molecule is CC[C@H](COC)n1c(=O)c(C)nc2c(-c3ccc(OC)nc3C)ncnc21. The Bertz CT molecular complexity index is 1030. The molecular formula is C19H23N5O3. The fraction of sp³-hybridized carbons (Fsp3) is 0.421. The summed E-state index contributed by atoms with van der Waals surface area (Å²) in [7, 11) is 3.20. The van der Waals surface area contributed by atoms with E-state index in [-0.39, 0.29) is 11.6 Å². The van der Waals surface area contributed by atoms with Crippen LogP contribution in [0.25, 0.3) is 22.4 Å². The maximum atomic E-state index is 12.8. The van der Waals surface area contributed by atoms with Gasteiger partial charge in [0.15, 0.2) is 5.65 Å². The summed E-state index contributed by atoms with van der Waals surface area (Å²) in [6, 6.07) is 3.53. The molecule has 27 heavy (non-hydrogen) atoms. The van der Waals surface area contributed by atoms with Crippen molar-refractivity contribution in [2.75, 3.05) is 20.8 Å². The molecular weight excluding hydrogens is 346 g/mol. The Morgan fingerprint density at radius 3 is 2.52 bits per heavy atom. The molecule has 3 aromatic rings. The van der Waals surface area contributed by atoms with Gasteiger partial charge in [-0.2, -0.15) is 0 Å². The van der Waals surface area contributed by atoms with Crippen molar-refractivity contribution in [3.63, 3.8) is 0 Å². The lowest BCUT2D eigenvalue weighted by Gasteiger charge is -2.20. The average Bonchev–Trinajstić information content (AvgIpc) is 2.67. The van der Waals surface area contributed by atoms with Crippen LogP contribution in [0.2, 0.25) is 0 Å². The predicted octanol–water partition coefficient (Wildman–Crippen LogP) is 2.47. The molecule has 0 aliphatic heterocycles. The summed E-state index contributed by atoms with van der Waals surface area (Å²) in [6.07, 6.45) is 2.18. The minimum Gasteiger partial charge on any atom is -0.481 e. The molecule has 0 saturated heterocycles. The molecule has 3 rings (SSSR count). The number of aryl methyl sites for hydroxylation is 2. The summed E-state index contributed by atoms with van der Waals surface area (Å²) in [5, 5.41) is 0. The number of rotatable bonds is 6. The predicted molar refractivity (Wildman–Crippen MR) is 102 cm³/mol. The third kappa shape index (κ3) is 3.40. The molecule has 0 fully saturated rings. The van der Waals surface area contributed by atoms with Crippen LogP contribution in [0.4, 0.5) is 0 Å². The largest absolute Gasteiger partial charge is 0.481 e. The van der Waals surface area contributed by atoms with E-state index in [0.29, 0.717) is 35.0 Å². The standard InChI is InChI=1S/C19H23N5O3/c1-6-13(9-26-4)24-18-17(23-12(3)19(24)25)16(20-10-21-18)14-7-8-15(27-5)22-11(14)2/h7-8,10,13H,6,9H2,1-5H3/t13-/m1/s1. The maximum absolute atomic E-state index is 12.8. The quantitative estimate of drug-likeness (QED) is 0.659. The summed E-state index contributed by atoms with van der Waals surface area (Å²) in [5.74, 6) is 0.529. The van der Waals surface area contributed by atoms with E-state index in [1.165, 1.54) is 6.33 Å². The Balaban J connectivity index is 2.32. The zero-order chi connectivity index (χ0) is 19.6. The highest BCUT2D eigenvalue weighted by Crippen LogP contribution is 2.28.